The first kappa shape index (κ1) is 48.3. The van der Waals surface area contributed by atoms with Crippen LogP contribution in [0.1, 0.15) is 99.1 Å². The number of fused-ring (bicyclic) bond motifs is 2. The van der Waals surface area contributed by atoms with Gasteiger partial charge in [0.05, 0.1) is 56.6 Å². The molecule has 4 aliphatic rings. The van der Waals surface area contributed by atoms with Crippen molar-refractivity contribution in [3.63, 3.8) is 0 Å². The molecule has 0 N–H and O–H groups in total. The molecule has 352 valence electrons. The van der Waals surface area contributed by atoms with Gasteiger partial charge in [-0.15, -0.1) is 0 Å². The molecule has 0 aliphatic carbocycles. The minimum atomic E-state index is -3.07. The van der Waals surface area contributed by atoms with Crippen LogP contribution < -0.4 is 19.3 Å². The van der Waals surface area contributed by atoms with Crippen molar-refractivity contribution in [2.24, 2.45) is 10.8 Å². The molecule has 2 saturated heterocycles. The highest BCUT2D eigenvalue weighted by molar-refractivity contribution is 7.93. The minimum absolute atomic E-state index is 0.00729. The first-order chi connectivity index (χ1) is 30.7. The van der Waals surface area contributed by atoms with Gasteiger partial charge in [-0.2, -0.15) is 17.6 Å². The summed E-state index contributed by atoms with van der Waals surface area (Å²) in [4.78, 5) is 55.8. The number of benzene rings is 4. The molecule has 66 heavy (non-hydrogen) atoms. The molecule has 18 heteroatoms. The van der Waals surface area contributed by atoms with Crippen LogP contribution in [0.2, 0.25) is 0 Å². The summed E-state index contributed by atoms with van der Waals surface area (Å²) < 4.78 is 106. The van der Waals surface area contributed by atoms with E-state index in [9.17, 15) is 53.6 Å². The average molecular weight is 955 g/mol. The third-order valence-corrected chi connectivity index (χ3v) is 17.7. The number of ketones is 2. The van der Waals surface area contributed by atoms with E-state index in [4.69, 9.17) is 0 Å². The number of ether oxygens (including phenoxy) is 2. The second-order valence-electron chi connectivity index (χ2n) is 18.8. The first-order valence-electron chi connectivity index (χ1n) is 21.3. The maximum absolute atomic E-state index is 13.5. The van der Waals surface area contributed by atoms with Crippen molar-refractivity contribution in [1.82, 2.24) is 0 Å². The molecule has 0 saturated carbocycles. The summed E-state index contributed by atoms with van der Waals surface area (Å²) in [6, 6.07) is 21.9. The fourth-order valence-corrected chi connectivity index (χ4v) is 14.1. The molecular weight excluding hydrogens is 905 g/mol. The Morgan fingerprint density at radius 2 is 0.924 bits per heavy atom. The van der Waals surface area contributed by atoms with Gasteiger partial charge in [0.25, 0.3) is 0 Å². The van der Waals surface area contributed by atoms with E-state index < -0.39 is 54.6 Å². The molecule has 0 aromatic heterocycles. The van der Waals surface area contributed by atoms with Crippen molar-refractivity contribution in [3.8, 4) is 11.5 Å². The topological polar surface area (TPSA) is 161 Å². The largest absolute Gasteiger partial charge is 0.435 e. The monoisotopic (exact) mass is 954 g/mol. The fraction of sp³-hybridized carbons (Fsp3) is 0.417. The predicted molar refractivity (Wildman–Crippen MR) is 240 cm³/mol. The number of carbonyl (C=O) groups excluding carboxylic acids is 4. The van der Waals surface area contributed by atoms with Gasteiger partial charge in [-0.1, -0.05) is 39.8 Å². The van der Waals surface area contributed by atoms with Gasteiger partial charge in [0, 0.05) is 46.9 Å². The van der Waals surface area contributed by atoms with E-state index in [0.29, 0.717) is 57.8 Å². The van der Waals surface area contributed by atoms with Crippen LogP contribution in [0.5, 0.6) is 11.5 Å². The summed E-state index contributed by atoms with van der Waals surface area (Å²) in [5.41, 5.74) is 1.16. The molecule has 0 spiro atoms. The molecule has 2 unspecified atom stereocenters. The number of hydrogen-bond donors (Lipinski definition) is 0. The zero-order valence-corrected chi connectivity index (χ0v) is 38.8. The summed E-state index contributed by atoms with van der Waals surface area (Å²) in [7, 11) is -6.13. The van der Waals surface area contributed by atoms with Crippen LogP contribution in [0.25, 0.3) is 0 Å². The number of sulfone groups is 2. The zero-order chi connectivity index (χ0) is 48.4. The molecule has 2 amide bonds. The fourth-order valence-electron chi connectivity index (χ4n) is 9.65. The number of rotatable bonds is 14. The number of anilines is 4. The maximum Gasteiger partial charge on any atom is 0.387 e. The van der Waals surface area contributed by atoms with Gasteiger partial charge in [0.15, 0.2) is 31.2 Å². The van der Waals surface area contributed by atoms with Gasteiger partial charge in [-0.3, -0.25) is 29.0 Å². The van der Waals surface area contributed by atoms with Crippen molar-refractivity contribution < 1.29 is 63.0 Å². The summed E-state index contributed by atoms with van der Waals surface area (Å²) in [6.07, 6.45) is 1.16. The lowest BCUT2D eigenvalue weighted by atomic mass is 9.79. The Morgan fingerprint density at radius 1 is 0.576 bits per heavy atom. The summed E-state index contributed by atoms with van der Waals surface area (Å²) in [5.74, 6) is -0.946. The second kappa shape index (κ2) is 17.2. The highest BCUT2D eigenvalue weighted by Gasteiger charge is 2.50. The van der Waals surface area contributed by atoms with Crippen LogP contribution >= 0.6 is 0 Å². The second-order valence-corrected chi connectivity index (χ2v) is 22.9. The lowest BCUT2D eigenvalue weighted by Crippen LogP contribution is -2.47. The number of alkyl halides is 4. The highest BCUT2D eigenvalue weighted by atomic mass is 32.2. The Bertz CT molecular complexity index is 2660. The van der Waals surface area contributed by atoms with Crippen molar-refractivity contribution in [2.45, 2.75) is 91.3 Å². The standard InChI is InChI=1S/2C24H25F2NO5S/c2*1-4-24(3)18-10-15(20(28)12-23(2)13-33(30,31)14-23)8-9-19(18)27(21(24)29)16-6-5-7-17(11-16)32-22(25)26/h2*5-11,22H,4,12-14H2,1-3H3. The van der Waals surface area contributed by atoms with Crippen LogP contribution in [0.15, 0.2) is 84.9 Å². The van der Waals surface area contributed by atoms with Gasteiger partial charge < -0.3 is 9.47 Å². The van der Waals surface area contributed by atoms with E-state index in [1.165, 1.54) is 46.2 Å². The van der Waals surface area contributed by atoms with Gasteiger partial charge in [-0.25, -0.2) is 16.8 Å². The number of hydrogen-bond acceptors (Lipinski definition) is 10. The molecule has 8 rings (SSSR count). The van der Waals surface area contributed by atoms with Crippen LogP contribution in [0, 0.1) is 10.8 Å². The van der Waals surface area contributed by atoms with E-state index in [1.54, 1.807) is 76.2 Å². The number of halogens is 4. The molecule has 4 heterocycles. The number of nitrogens with zero attached hydrogens (tertiary/aromatic N) is 2. The number of amides is 2. The van der Waals surface area contributed by atoms with Gasteiger partial charge in [-0.05, 0) is 98.5 Å². The Hall–Kier alpha value is -5.62. The summed E-state index contributed by atoms with van der Waals surface area (Å²) in [6.45, 7) is 4.94. The van der Waals surface area contributed by atoms with Crippen molar-refractivity contribution in [2.75, 3.05) is 32.8 Å². The Kier molecular flexibility index (Phi) is 12.6. The van der Waals surface area contributed by atoms with E-state index in [2.05, 4.69) is 9.47 Å². The summed E-state index contributed by atoms with van der Waals surface area (Å²) >= 11 is 0. The van der Waals surface area contributed by atoms with Crippen molar-refractivity contribution >= 4 is 65.8 Å². The predicted octanol–water partition coefficient (Wildman–Crippen LogP) is 9.28. The zero-order valence-electron chi connectivity index (χ0n) is 37.2. The Morgan fingerprint density at radius 3 is 1.23 bits per heavy atom. The molecule has 12 nitrogen and oxygen atoms in total. The van der Waals surface area contributed by atoms with Crippen LogP contribution in [0.4, 0.5) is 40.3 Å². The molecule has 2 fully saturated rings. The van der Waals surface area contributed by atoms with Crippen LogP contribution in [-0.2, 0) is 40.1 Å². The molecule has 0 radical (unpaired) electrons. The normalized spacial score (nSPS) is 22.7. The van der Waals surface area contributed by atoms with Crippen molar-refractivity contribution in [3.05, 3.63) is 107 Å². The summed E-state index contributed by atoms with van der Waals surface area (Å²) in [5, 5.41) is 0. The SMILES string of the molecule is CCC1(C)C(=O)N(c2cccc(OC(F)F)c2)c2ccc(C(=O)CC3(C)CS(=O)(=O)C3)cc21.CCC1(C)C(=O)N(c2cccc(OC(F)F)c2)c2ccc(C(=O)CC3(C)CS(=O)(=O)C3)cc21. The van der Waals surface area contributed by atoms with Gasteiger partial charge >= 0.3 is 13.2 Å². The first-order valence-corrected chi connectivity index (χ1v) is 24.9. The number of carbonyl (C=O) groups is 4. The maximum atomic E-state index is 13.5. The smallest absolute Gasteiger partial charge is 0.387 e. The van der Waals surface area contributed by atoms with E-state index in [0.717, 1.165) is 0 Å². The Balaban J connectivity index is 0.000000196. The molecule has 2 atom stereocenters. The average Bonchev–Trinajstić information content (AvgIpc) is 3.57. The lowest BCUT2D eigenvalue weighted by Gasteiger charge is -2.37. The Labute approximate surface area is 381 Å². The lowest BCUT2D eigenvalue weighted by molar-refractivity contribution is -0.122. The van der Waals surface area contributed by atoms with Gasteiger partial charge in [0.1, 0.15) is 11.5 Å². The third kappa shape index (κ3) is 9.22. The molecule has 4 aromatic rings. The molecule has 0 bridgehead atoms. The quantitative estimate of drug-likeness (QED) is 0.0880. The van der Waals surface area contributed by atoms with Gasteiger partial charge in [0.2, 0.25) is 11.8 Å². The van der Waals surface area contributed by atoms with E-state index >= 15 is 0 Å². The third-order valence-electron chi connectivity index (χ3n) is 13.1. The van der Waals surface area contributed by atoms with E-state index in [1.807, 2.05) is 13.8 Å². The van der Waals surface area contributed by atoms with Crippen LogP contribution in [-0.4, -0.2) is 76.5 Å². The van der Waals surface area contributed by atoms with E-state index in [-0.39, 0.29) is 70.7 Å². The minimum Gasteiger partial charge on any atom is -0.435 e. The highest BCUT2D eigenvalue weighted by Crippen LogP contribution is 2.50. The molecular formula is C48H50F4N2O10S2. The van der Waals surface area contributed by atoms with Crippen LogP contribution in [0.3, 0.4) is 0 Å². The number of Topliss-reactive ketones (excluding diaryl/α,β-unsaturated/α-hetero) is 2. The molecule has 4 aliphatic heterocycles. The molecule has 4 aromatic carbocycles. The van der Waals surface area contributed by atoms with Crippen molar-refractivity contribution in [1.29, 1.82) is 0 Å².